The summed E-state index contributed by atoms with van der Waals surface area (Å²) < 4.78 is 45.3. The second-order valence-electron chi connectivity index (χ2n) is 15.2. The van der Waals surface area contributed by atoms with Crippen molar-refractivity contribution >= 4 is 43.9 Å². The first-order chi connectivity index (χ1) is 27.6. The van der Waals surface area contributed by atoms with E-state index in [-0.39, 0.29) is 17.0 Å². The minimum absolute atomic E-state index is 0.0195. The number of halogens is 1. The van der Waals surface area contributed by atoms with E-state index in [1.54, 1.807) is 28.4 Å². The van der Waals surface area contributed by atoms with Crippen molar-refractivity contribution in [3.05, 3.63) is 117 Å². The van der Waals surface area contributed by atoms with E-state index in [1.807, 2.05) is 121 Å². The van der Waals surface area contributed by atoms with Crippen LogP contribution in [0.5, 0.6) is 46.0 Å². The van der Waals surface area contributed by atoms with Gasteiger partial charge >= 0.3 is 0 Å². The molecule has 4 aromatic carbocycles. The normalized spacial score (nSPS) is 15.7. The molecular weight excluding hydrogens is 800 g/mol. The number of allylic oxidation sites excluding steroid dienone is 1. The second-order valence-corrected chi connectivity index (χ2v) is 16.0. The first-order valence-electron chi connectivity index (χ1n) is 19.0. The summed E-state index contributed by atoms with van der Waals surface area (Å²) in [5.74, 6) is 6.26. The van der Waals surface area contributed by atoms with Crippen molar-refractivity contribution < 1.29 is 42.7 Å². The number of ether oxygens (including phenoxy) is 8. The van der Waals surface area contributed by atoms with Gasteiger partial charge in [0.25, 0.3) is 0 Å². The van der Waals surface area contributed by atoms with Gasteiger partial charge in [0.15, 0.2) is 17.3 Å². The summed E-state index contributed by atoms with van der Waals surface area (Å²) in [6, 6.07) is 15.2. The number of methoxy groups -OCH3 is 4. The molecule has 0 bridgehead atoms. The lowest BCUT2D eigenvalue weighted by Crippen LogP contribution is -2.28. The highest BCUT2D eigenvalue weighted by molar-refractivity contribution is 9.15. The Bertz CT molecular complexity index is 2360. The van der Waals surface area contributed by atoms with Crippen molar-refractivity contribution in [3.8, 4) is 46.0 Å². The summed E-state index contributed by atoms with van der Waals surface area (Å²) in [6.07, 6.45) is 12.1. The fourth-order valence-corrected chi connectivity index (χ4v) is 7.47. The summed E-state index contributed by atoms with van der Waals surface area (Å²) in [5.41, 5.74) is 7.61. The fourth-order valence-electron chi connectivity index (χ4n) is 7.03. The number of carbonyl (C=O) groups is 1. The van der Waals surface area contributed by atoms with Crippen LogP contribution in [0.3, 0.4) is 0 Å². The Kier molecular flexibility index (Phi) is 12.4. The number of aryl methyl sites for hydroxylation is 1. The van der Waals surface area contributed by atoms with E-state index >= 15 is 0 Å². The Balaban J connectivity index is 0.000000160. The zero-order valence-electron chi connectivity index (χ0n) is 35.0. The van der Waals surface area contributed by atoms with Crippen LogP contribution in [0, 0.1) is 20.8 Å². The van der Waals surface area contributed by atoms with Crippen LogP contribution >= 0.6 is 15.9 Å². The van der Waals surface area contributed by atoms with Crippen LogP contribution in [0.1, 0.15) is 77.0 Å². The Morgan fingerprint density at radius 1 is 0.603 bits per heavy atom. The molecule has 0 radical (unpaired) electrons. The van der Waals surface area contributed by atoms with Gasteiger partial charge in [-0.2, -0.15) is 0 Å². The molecular formula is C48H51BrO9. The number of Topliss-reactive ketones (excluding diaryl/α,β-unsaturated/α-hetero) is 1. The maximum Gasteiger partial charge on any atom is 0.193 e. The van der Waals surface area contributed by atoms with Crippen LogP contribution in [0.2, 0.25) is 0 Å². The maximum atomic E-state index is 13.5. The standard InChI is InChI=1S/C24H24O4.C13H16O2.C11H11BrO3/c1-14-12-22-19(13-21(14)26-5)18(9-11-27-22)23(25)17-6-7-20-16(15(17)2)8-10-24(3,4)28-20;1-9-10-7-8-13(2,3)15-12(10)6-5-11(9)14-4;1-13-10-5-7-8(12)3-4-15-9(7)6-11(10)14-2/h6-10,12-13H,11H2,1-5H3;5-8H,1-4H3;3,5-6H,4H2,1-2H3. The molecule has 10 heteroatoms. The molecule has 0 saturated carbocycles. The average Bonchev–Trinajstić information content (AvgIpc) is 3.19. The second kappa shape index (κ2) is 17.1. The van der Waals surface area contributed by atoms with Crippen LogP contribution < -0.4 is 37.9 Å². The Morgan fingerprint density at radius 2 is 1.12 bits per heavy atom. The summed E-state index contributed by atoms with van der Waals surface area (Å²) in [5, 5.41) is 0. The van der Waals surface area contributed by atoms with Crippen LogP contribution in [0.25, 0.3) is 22.2 Å². The molecule has 0 atom stereocenters. The molecule has 0 amide bonds. The number of hydrogen-bond donors (Lipinski definition) is 0. The van der Waals surface area contributed by atoms with E-state index in [4.69, 9.17) is 37.9 Å². The monoisotopic (exact) mass is 850 g/mol. The molecule has 0 spiro atoms. The van der Waals surface area contributed by atoms with E-state index in [9.17, 15) is 4.79 Å². The summed E-state index contributed by atoms with van der Waals surface area (Å²) in [6.45, 7) is 15.0. The van der Waals surface area contributed by atoms with Crippen molar-refractivity contribution in [3.63, 3.8) is 0 Å². The van der Waals surface area contributed by atoms with Gasteiger partial charge in [-0.15, -0.1) is 0 Å². The fraction of sp³-hybridized carbons (Fsp3) is 0.312. The van der Waals surface area contributed by atoms with Crippen molar-refractivity contribution in [2.45, 2.75) is 59.7 Å². The zero-order valence-corrected chi connectivity index (χ0v) is 36.6. The lowest BCUT2D eigenvalue weighted by atomic mass is 9.88. The molecule has 4 heterocycles. The predicted molar refractivity (Wildman–Crippen MR) is 234 cm³/mol. The van der Waals surface area contributed by atoms with E-state index in [2.05, 4.69) is 28.1 Å². The number of benzene rings is 4. The molecule has 4 aliphatic heterocycles. The van der Waals surface area contributed by atoms with E-state index < -0.39 is 0 Å². The third-order valence-electron chi connectivity index (χ3n) is 10.2. The molecule has 0 saturated heterocycles. The molecule has 9 nitrogen and oxygen atoms in total. The summed E-state index contributed by atoms with van der Waals surface area (Å²) in [4.78, 5) is 13.5. The minimum atomic E-state index is -0.346. The van der Waals surface area contributed by atoms with Gasteiger partial charge in [-0.25, -0.2) is 0 Å². The van der Waals surface area contributed by atoms with Gasteiger partial charge in [-0.3, -0.25) is 4.79 Å². The van der Waals surface area contributed by atoms with Crippen LogP contribution in [0.15, 0.2) is 72.8 Å². The molecule has 0 aliphatic carbocycles. The van der Waals surface area contributed by atoms with Gasteiger partial charge in [0, 0.05) is 49.5 Å². The van der Waals surface area contributed by atoms with E-state index in [0.29, 0.717) is 41.6 Å². The SMILES string of the molecule is COc1cc2c(cc1C)OCC=C2C(=O)c1ccc2c(c1C)C=CC(C)(C)O2.COc1cc2c(cc1OC)C(Br)=CCO2.COc1ccc2c(c1C)C=CC(C)(C)O2. The van der Waals surface area contributed by atoms with Crippen molar-refractivity contribution in [1.29, 1.82) is 0 Å². The lowest BCUT2D eigenvalue weighted by Gasteiger charge is -2.29. The highest BCUT2D eigenvalue weighted by Crippen LogP contribution is 2.42. The van der Waals surface area contributed by atoms with Crippen molar-refractivity contribution in [1.82, 2.24) is 0 Å². The topological polar surface area (TPSA) is 90.9 Å². The molecule has 4 aliphatic rings. The van der Waals surface area contributed by atoms with Crippen LogP contribution in [-0.4, -0.2) is 58.6 Å². The quantitative estimate of drug-likeness (QED) is 0.176. The van der Waals surface area contributed by atoms with Gasteiger partial charge in [0.2, 0.25) is 0 Å². The molecule has 58 heavy (non-hydrogen) atoms. The van der Waals surface area contributed by atoms with Crippen LogP contribution in [0.4, 0.5) is 0 Å². The Labute approximate surface area is 350 Å². The highest BCUT2D eigenvalue weighted by Gasteiger charge is 2.28. The zero-order chi connectivity index (χ0) is 41.9. The van der Waals surface area contributed by atoms with Gasteiger partial charge in [0.1, 0.15) is 58.9 Å². The van der Waals surface area contributed by atoms with Crippen molar-refractivity contribution in [2.24, 2.45) is 0 Å². The van der Waals surface area contributed by atoms with E-state index in [1.165, 1.54) is 0 Å². The lowest BCUT2D eigenvalue weighted by molar-refractivity contribution is 0.105. The average molecular weight is 852 g/mol. The summed E-state index contributed by atoms with van der Waals surface area (Å²) in [7, 11) is 6.54. The first-order valence-corrected chi connectivity index (χ1v) is 19.8. The Hall–Kier alpha value is -5.61. The van der Waals surface area contributed by atoms with Gasteiger partial charge in [-0.1, -0.05) is 28.1 Å². The van der Waals surface area contributed by atoms with Gasteiger partial charge in [-0.05, 0) is 126 Å². The maximum absolute atomic E-state index is 13.5. The number of ketones is 1. The smallest absolute Gasteiger partial charge is 0.193 e. The number of carbonyl (C=O) groups excluding carboxylic acids is 1. The molecule has 0 N–H and O–H groups in total. The molecule has 304 valence electrons. The Morgan fingerprint density at radius 3 is 1.72 bits per heavy atom. The third-order valence-corrected chi connectivity index (χ3v) is 11.0. The first kappa shape index (κ1) is 42.0. The highest BCUT2D eigenvalue weighted by atomic mass is 79.9. The number of fused-ring (bicyclic) bond motifs is 4. The van der Waals surface area contributed by atoms with Crippen molar-refractivity contribution in [2.75, 3.05) is 41.7 Å². The number of hydrogen-bond acceptors (Lipinski definition) is 9. The van der Waals surface area contributed by atoms with Crippen LogP contribution in [-0.2, 0) is 0 Å². The largest absolute Gasteiger partial charge is 0.496 e. The molecule has 0 fully saturated rings. The summed E-state index contributed by atoms with van der Waals surface area (Å²) >= 11 is 3.48. The number of rotatable bonds is 6. The molecule has 4 aromatic rings. The molecule has 8 rings (SSSR count). The minimum Gasteiger partial charge on any atom is -0.496 e. The van der Waals surface area contributed by atoms with Gasteiger partial charge < -0.3 is 37.9 Å². The van der Waals surface area contributed by atoms with E-state index in [0.717, 1.165) is 72.2 Å². The molecule has 0 unspecified atom stereocenters. The molecule has 0 aromatic heterocycles. The predicted octanol–water partition coefficient (Wildman–Crippen LogP) is 11.2. The third kappa shape index (κ3) is 8.77. The van der Waals surface area contributed by atoms with Gasteiger partial charge in [0.05, 0.1) is 28.4 Å².